The molecule has 0 radical (unpaired) electrons. The van der Waals surface area contributed by atoms with Crippen LogP contribution in [-0.2, 0) is 12.7 Å². The van der Waals surface area contributed by atoms with Crippen molar-refractivity contribution in [3.05, 3.63) is 77.9 Å². The number of carbonyl (C=O) groups is 1. The van der Waals surface area contributed by atoms with Crippen molar-refractivity contribution in [3.8, 4) is 16.9 Å². The van der Waals surface area contributed by atoms with E-state index < -0.39 is 11.7 Å². The van der Waals surface area contributed by atoms with E-state index in [4.69, 9.17) is 4.74 Å². The highest BCUT2D eigenvalue weighted by Crippen LogP contribution is 2.33. The van der Waals surface area contributed by atoms with E-state index >= 15 is 0 Å². The monoisotopic (exact) mass is 385 g/mol. The van der Waals surface area contributed by atoms with Gasteiger partial charge in [0.05, 0.1) is 17.7 Å². The summed E-state index contributed by atoms with van der Waals surface area (Å²) in [5.41, 5.74) is 0.830. The van der Waals surface area contributed by atoms with Gasteiger partial charge in [-0.25, -0.2) is 9.97 Å². The Morgan fingerprint density at radius 3 is 2.36 bits per heavy atom. The van der Waals surface area contributed by atoms with Crippen molar-refractivity contribution in [2.45, 2.75) is 12.7 Å². The summed E-state index contributed by atoms with van der Waals surface area (Å²) in [4.78, 5) is 22.5. The molecule has 28 heavy (non-hydrogen) atoms. The van der Waals surface area contributed by atoms with Crippen molar-refractivity contribution in [1.29, 1.82) is 0 Å². The van der Waals surface area contributed by atoms with Gasteiger partial charge in [-0.2, -0.15) is 13.2 Å². The number of hydrogen-bond donors (Lipinski definition) is 0. The molecule has 0 aliphatic carbocycles. The predicted molar refractivity (Wildman–Crippen MR) is 94.3 cm³/mol. The molecule has 0 fully saturated rings. The molecule has 0 spiro atoms. The fraction of sp³-hybridized carbons (Fsp3) is 0.150. The van der Waals surface area contributed by atoms with Gasteiger partial charge < -0.3 is 4.74 Å². The van der Waals surface area contributed by atoms with E-state index in [-0.39, 0.29) is 19.2 Å². The molecular formula is C20H14F3N3O2. The van der Waals surface area contributed by atoms with Gasteiger partial charge in [-0.05, 0) is 41.5 Å². The predicted octanol–water partition coefficient (Wildman–Crippen LogP) is 4.15. The fourth-order valence-corrected chi connectivity index (χ4v) is 2.93. The van der Waals surface area contributed by atoms with E-state index in [0.717, 1.165) is 12.1 Å². The van der Waals surface area contributed by atoms with Crippen molar-refractivity contribution in [2.24, 2.45) is 0 Å². The van der Waals surface area contributed by atoms with Gasteiger partial charge in [0.15, 0.2) is 6.73 Å². The molecule has 0 saturated heterocycles. The van der Waals surface area contributed by atoms with E-state index in [0.29, 0.717) is 28.3 Å². The molecule has 4 rings (SSSR count). The van der Waals surface area contributed by atoms with Crippen LogP contribution in [0.4, 0.5) is 13.2 Å². The lowest BCUT2D eigenvalue weighted by atomic mass is 10.00. The SMILES string of the molecule is O=C1c2cc(-c3ccc(C(F)(F)F)cc3)ccc2OCN1Cc1ncccn1. The number of amides is 1. The van der Waals surface area contributed by atoms with Crippen LogP contribution in [-0.4, -0.2) is 27.5 Å². The average molecular weight is 385 g/mol. The number of fused-ring (bicyclic) bond motifs is 1. The van der Waals surface area contributed by atoms with Crippen LogP contribution in [0, 0.1) is 0 Å². The van der Waals surface area contributed by atoms with Crippen LogP contribution < -0.4 is 4.74 Å². The van der Waals surface area contributed by atoms with Gasteiger partial charge in [-0.15, -0.1) is 0 Å². The maximum absolute atomic E-state index is 12.8. The van der Waals surface area contributed by atoms with Gasteiger partial charge in [0.2, 0.25) is 0 Å². The number of rotatable bonds is 3. The molecule has 0 unspecified atom stereocenters. The van der Waals surface area contributed by atoms with E-state index in [1.54, 1.807) is 36.7 Å². The van der Waals surface area contributed by atoms with Crippen molar-refractivity contribution in [3.63, 3.8) is 0 Å². The summed E-state index contributed by atoms with van der Waals surface area (Å²) in [5, 5.41) is 0. The largest absolute Gasteiger partial charge is 0.472 e. The zero-order valence-corrected chi connectivity index (χ0v) is 14.5. The molecule has 1 aromatic heterocycles. The zero-order valence-electron chi connectivity index (χ0n) is 14.5. The Hall–Kier alpha value is -3.42. The maximum Gasteiger partial charge on any atom is 0.416 e. The molecule has 0 saturated carbocycles. The number of alkyl halides is 3. The minimum absolute atomic E-state index is 0.0731. The summed E-state index contributed by atoms with van der Waals surface area (Å²) in [6.45, 7) is 0.271. The number of ether oxygens (including phenoxy) is 1. The zero-order chi connectivity index (χ0) is 19.7. The fourth-order valence-electron chi connectivity index (χ4n) is 2.93. The highest BCUT2D eigenvalue weighted by Gasteiger charge is 2.30. The van der Waals surface area contributed by atoms with Crippen LogP contribution >= 0.6 is 0 Å². The molecule has 2 aromatic carbocycles. The summed E-state index contributed by atoms with van der Waals surface area (Å²) >= 11 is 0. The van der Waals surface area contributed by atoms with Crippen LogP contribution in [0.15, 0.2) is 60.9 Å². The van der Waals surface area contributed by atoms with Gasteiger partial charge in [0.25, 0.3) is 5.91 Å². The second kappa shape index (κ2) is 6.95. The normalized spacial score (nSPS) is 13.8. The summed E-state index contributed by atoms with van der Waals surface area (Å²) in [5.74, 6) is 0.676. The van der Waals surface area contributed by atoms with Gasteiger partial charge in [0.1, 0.15) is 11.6 Å². The first-order valence-electron chi connectivity index (χ1n) is 8.41. The second-order valence-corrected chi connectivity index (χ2v) is 6.23. The summed E-state index contributed by atoms with van der Waals surface area (Å²) in [6, 6.07) is 11.5. The van der Waals surface area contributed by atoms with Crippen molar-refractivity contribution < 1.29 is 22.7 Å². The third-order valence-electron chi connectivity index (χ3n) is 4.37. The first-order chi connectivity index (χ1) is 13.4. The van der Waals surface area contributed by atoms with Gasteiger partial charge in [-0.3, -0.25) is 9.69 Å². The van der Waals surface area contributed by atoms with Crippen LogP contribution in [0.2, 0.25) is 0 Å². The summed E-state index contributed by atoms with van der Waals surface area (Å²) < 4.78 is 43.9. The molecule has 1 amide bonds. The van der Waals surface area contributed by atoms with Crippen LogP contribution in [0.3, 0.4) is 0 Å². The van der Waals surface area contributed by atoms with Crippen molar-refractivity contribution in [2.75, 3.05) is 6.73 Å². The highest BCUT2D eigenvalue weighted by atomic mass is 19.4. The molecule has 0 atom stereocenters. The molecule has 2 heterocycles. The van der Waals surface area contributed by atoms with E-state index in [2.05, 4.69) is 9.97 Å². The molecule has 3 aromatic rings. The Kier molecular flexibility index (Phi) is 4.46. The third kappa shape index (κ3) is 3.53. The standard InChI is InChI=1S/C20H14F3N3O2/c21-20(22,23)15-5-2-13(3-6-15)14-4-7-17-16(10-14)19(27)26(12-28-17)11-18-24-8-1-9-25-18/h1-10H,11-12H2. The Balaban J connectivity index is 1.60. The molecular weight excluding hydrogens is 371 g/mol. The van der Waals surface area contributed by atoms with E-state index in [9.17, 15) is 18.0 Å². The topological polar surface area (TPSA) is 55.3 Å². The number of carbonyl (C=O) groups excluding carboxylic acids is 1. The van der Waals surface area contributed by atoms with Crippen LogP contribution in [0.25, 0.3) is 11.1 Å². The quantitative estimate of drug-likeness (QED) is 0.680. The average Bonchev–Trinajstić information content (AvgIpc) is 2.70. The molecule has 0 N–H and O–H groups in total. The lowest BCUT2D eigenvalue weighted by Crippen LogP contribution is -2.38. The molecule has 8 heteroatoms. The Labute approximate surface area is 158 Å². The lowest BCUT2D eigenvalue weighted by Gasteiger charge is -2.28. The Bertz CT molecular complexity index is 1010. The number of nitrogens with zero attached hydrogens (tertiary/aromatic N) is 3. The highest BCUT2D eigenvalue weighted by molar-refractivity contribution is 5.99. The lowest BCUT2D eigenvalue weighted by molar-refractivity contribution is -0.137. The summed E-state index contributed by atoms with van der Waals surface area (Å²) in [7, 11) is 0. The molecule has 0 bridgehead atoms. The van der Waals surface area contributed by atoms with Crippen molar-refractivity contribution >= 4 is 5.91 Å². The first kappa shape index (κ1) is 18.0. The number of benzene rings is 2. The van der Waals surface area contributed by atoms with Crippen molar-refractivity contribution in [1.82, 2.24) is 14.9 Å². The Morgan fingerprint density at radius 2 is 1.68 bits per heavy atom. The number of halogens is 3. The maximum atomic E-state index is 12.8. The van der Waals surface area contributed by atoms with E-state index in [1.165, 1.54) is 17.0 Å². The molecule has 142 valence electrons. The molecule has 1 aliphatic rings. The number of aromatic nitrogens is 2. The van der Waals surface area contributed by atoms with Crippen LogP contribution in [0.5, 0.6) is 5.75 Å². The van der Waals surface area contributed by atoms with Gasteiger partial charge in [-0.1, -0.05) is 18.2 Å². The molecule has 5 nitrogen and oxygen atoms in total. The van der Waals surface area contributed by atoms with Gasteiger partial charge >= 0.3 is 6.18 Å². The number of hydrogen-bond acceptors (Lipinski definition) is 4. The smallest absolute Gasteiger partial charge is 0.416 e. The van der Waals surface area contributed by atoms with Gasteiger partial charge in [0, 0.05) is 12.4 Å². The first-order valence-corrected chi connectivity index (χ1v) is 8.41. The third-order valence-corrected chi connectivity index (χ3v) is 4.37. The minimum atomic E-state index is -4.39. The van der Waals surface area contributed by atoms with Crippen LogP contribution in [0.1, 0.15) is 21.7 Å². The summed E-state index contributed by atoms with van der Waals surface area (Å²) in [6.07, 6.45) is -1.21. The minimum Gasteiger partial charge on any atom is -0.472 e. The van der Waals surface area contributed by atoms with E-state index in [1.807, 2.05) is 0 Å². The second-order valence-electron chi connectivity index (χ2n) is 6.23. The molecule has 1 aliphatic heterocycles. The Morgan fingerprint density at radius 1 is 1.00 bits per heavy atom.